The zero-order valence-corrected chi connectivity index (χ0v) is 20.4. The van der Waals surface area contributed by atoms with Gasteiger partial charge in [0.15, 0.2) is 0 Å². The predicted octanol–water partition coefficient (Wildman–Crippen LogP) is 1.51. The van der Waals surface area contributed by atoms with Crippen molar-refractivity contribution in [2.45, 2.75) is 112 Å². The normalized spacial score (nSPS) is 47.4. The van der Waals surface area contributed by atoms with Crippen molar-refractivity contribution in [2.24, 2.45) is 0 Å². The molecule has 0 aromatic carbocycles. The van der Waals surface area contributed by atoms with Crippen LogP contribution in [0.2, 0.25) is 0 Å². The van der Waals surface area contributed by atoms with Gasteiger partial charge >= 0.3 is 0 Å². The molecule has 7 atom stereocenters. The molecule has 7 unspecified atom stereocenters. The van der Waals surface area contributed by atoms with E-state index in [0.29, 0.717) is 25.8 Å². The minimum atomic E-state index is -1.07. The maximum atomic E-state index is 13.8. The van der Waals surface area contributed by atoms with Gasteiger partial charge in [0, 0.05) is 49.6 Å². The summed E-state index contributed by atoms with van der Waals surface area (Å²) in [5.41, 5.74) is 2.99. The number of rotatable bonds is 7. The van der Waals surface area contributed by atoms with Crippen LogP contribution in [-0.4, -0.2) is 94.9 Å². The molecule has 4 aliphatic carbocycles. The molecule has 4 saturated carbocycles. The lowest BCUT2D eigenvalue weighted by molar-refractivity contribution is -0.191. The van der Waals surface area contributed by atoms with Crippen LogP contribution >= 0.6 is 11.6 Å². The van der Waals surface area contributed by atoms with Crippen LogP contribution in [0.3, 0.4) is 0 Å². The number of likely N-dealkylation sites (N-methyl/N-ethyl adjacent to an activating group) is 1. The summed E-state index contributed by atoms with van der Waals surface area (Å²) in [4.78, 5) is 27.5. The Kier molecular flexibility index (Phi) is 6.17. The van der Waals surface area contributed by atoms with Crippen LogP contribution in [0.5, 0.6) is 0 Å². The van der Waals surface area contributed by atoms with Crippen molar-refractivity contribution < 1.29 is 23.5 Å². The van der Waals surface area contributed by atoms with E-state index in [4.69, 9.17) is 21.1 Å². The van der Waals surface area contributed by atoms with Crippen LogP contribution in [0, 0.1) is 0 Å². The average Bonchev–Trinajstić information content (AvgIpc) is 3.18. The highest BCUT2D eigenvalue weighted by Gasteiger charge is 2.72. The first-order chi connectivity index (χ1) is 15.6. The summed E-state index contributed by atoms with van der Waals surface area (Å²) < 4.78 is 25.7. The van der Waals surface area contributed by atoms with Gasteiger partial charge in [0.1, 0.15) is 18.9 Å². The summed E-state index contributed by atoms with van der Waals surface area (Å²) >= 11 is 5.91. The van der Waals surface area contributed by atoms with Crippen molar-refractivity contribution in [3.05, 3.63) is 0 Å². The molecule has 6 fully saturated rings. The minimum Gasteiger partial charge on any atom is -0.368 e. The van der Waals surface area contributed by atoms with Crippen molar-refractivity contribution in [1.82, 2.24) is 20.7 Å². The first-order valence-corrected chi connectivity index (χ1v) is 12.7. The number of hydrazine groups is 1. The number of ether oxygens (including phenoxy) is 2. The van der Waals surface area contributed by atoms with Gasteiger partial charge < -0.3 is 19.7 Å². The van der Waals surface area contributed by atoms with E-state index in [2.05, 4.69) is 24.6 Å². The fourth-order valence-electron chi connectivity index (χ4n) is 6.70. The van der Waals surface area contributed by atoms with E-state index in [9.17, 15) is 14.0 Å². The molecule has 2 N–H and O–H groups in total. The highest BCUT2D eigenvalue weighted by molar-refractivity contribution is 6.21. The number of hydrogen-bond donors (Lipinski definition) is 2. The number of halogens is 2. The van der Waals surface area contributed by atoms with Crippen molar-refractivity contribution in [1.29, 1.82) is 0 Å². The van der Waals surface area contributed by atoms with Gasteiger partial charge in [-0.05, 0) is 46.0 Å². The first kappa shape index (κ1) is 23.7. The van der Waals surface area contributed by atoms with E-state index in [1.165, 1.54) is 0 Å². The van der Waals surface area contributed by atoms with E-state index < -0.39 is 11.5 Å². The second-order valence-electron chi connectivity index (χ2n) is 11.0. The van der Waals surface area contributed by atoms with Gasteiger partial charge in [-0.25, -0.2) is 14.8 Å². The maximum absolute atomic E-state index is 13.8. The third-order valence-corrected chi connectivity index (χ3v) is 9.03. The summed E-state index contributed by atoms with van der Waals surface area (Å²) in [6.07, 6.45) is 2.85. The Labute approximate surface area is 199 Å². The number of nitrogens with one attached hydrogen (secondary N) is 2. The van der Waals surface area contributed by atoms with Gasteiger partial charge in [0.2, 0.25) is 5.91 Å². The summed E-state index contributed by atoms with van der Waals surface area (Å²) in [5, 5.41) is 4.70. The van der Waals surface area contributed by atoms with Crippen LogP contribution in [0.1, 0.15) is 58.8 Å². The van der Waals surface area contributed by atoms with E-state index in [0.717, 1.165) is 19.3 Å². The highest BCUT2D eigenvalue weighted by Crippen LogP contribution is 2.64. The van der Waals surface area contributed by atoms with E-state index in [-0.39, 0.29) is 66.3 Å². The number of likely N-dealkylation sites (tertiary alicyclic amines) is 1. The molecule has 0 radical (unpaired) electrons. The summed E-state index contributed by atoms with van der Waals surface area (Å²) in [6.45, 7) is 4.84. The Balaban J connectivity index is 1.06. The third-order valence-electron chi connectivity index (χ3n) is 8.54. The van der Waals surface area contributed by atoms with Crippen molar-refractivity contribution in [3.8, 4) is 0 Å². The molecule has 2 heterocycles. The SMILES string of the molecule is CC1NN(C)C(C)C1OC1CCN(C23CC(NC(=O)COC4CCC(Cl)C(F)C4)(C2)C3)C1=O. The molecule has 0 aromatic rings. The molecule has 8 nitrogen and oxygen atoms in total. The Morgan fingerprint density at radius 2 is 2.00 bits per heavy atom. The number of nitrogens with zero attached hydrogens (tertiary/aromatic N) is 2. The molecule has 33 heavy (non-hydrogen) atoms. The molecule has 6 rings (SSSR count). The summed E-state index contributed by atoms with van der Waals surface area (Å²) in [7, 11) is 2.00. The number of carbonyl (C=O) groups is 2. The van der Waals surface area contributed by atoms with Gasteiger partial charge in [-0.2, -0.15) is 0 Å². The molecule has 186 valence electrons. The molecule has 2 amide bonds. The largest absolute Gasteiger partial charge is 0.368 e. The Bertz CT molecular complexity index is 783. The third kappa shape index (κ3) is 4.18. The molecule has 6 aliphatic rings. The van der Waals surface area contributed by atoms with Gasteiger partial charge in [-0.3, -0.25) is 9.59 Å². The highest BCUT2D eigenvalue weighted by atomic mass is 35.5. The van der Waals surface area contributed by atoms with Crippen LogP contribution in [0.4, 0.5) is 4.39 Å². The fourth-order valence-corrected chi connectivity index (χ4v) is 6.92. The molecule has 0 aromatic heterocycles. The van der Waals surface area contributed by atoms with Crippen LogP contribution < -0.4 is 10.7 Å². The lowest BCUT2D eigenvalue weighted by atomic mass is 9.43. The van der Waals surface area contributed by atoms with Gasteiger partial charge in [0.05, 0.1) is 17.6 Å². The number of hydrogen-bond acceptors (Lipinski definition) is 6. The molecular formula is C23H36ClFN4O4. The summed E-state index contributed by atoms with van der Waals surface area (Å²) in [5.74, 6) is -0.0796. The first-order valence-electron chi connectivity index (χ1n) is 12.3. The average molecular weight is 487 g/mol. The second kappa shape index (κ2) is 8.59. The van der Waals surface area contributed by atoms with Crippen LogP contribution in [0.25, 0.3) is 0 Å². The van der Waals surface area contributed by atoms with E-state index in [1.54, 1.807) is 0 Å². The molecule has 2 saturated heterocycles. The zero-order chi connectivity index (χ0) is 23.5. The topological polar surface area (TPSA) is 83.1 Å². The monoisotopic (exact) mass is 486 g/mol. The predicted molar refractivity (Wildman–Crippen MR) is 120 cm³/mol. The maximum Gasteiger partial charge on any atom is 0.252 e. The Morgan fingerprint density at radius 1 is 1.27 bits per heavy atom. The minimum absolute atomic E-state index is 0.0188. The number of carbonyl (C=O) groups excluding carboxylic acids is 2. The van der Waals surface area contributed by atoms with Gasteiger partial charge in [-0.15, -0.1) is 11.6 Å². The molecule has 10 heteroatoms. The van der Waals surface area contributed by atoms with Crippen LogP contribution in [-0.2, 0) is 19.1 Å². The molecular weight excluding hydrogens is 451 g/mol. The van der Waals surface area contributed by atoms with Crippen molar-refractivity contribution in [2.75, 3.05) is 20.2 Å². The summed E-state index contributed by atoms with van der Waals surface area (Å²) in [6, 6.07) is 0.376. The lowest BCUT2D eigenvalue weighted by Crippen LogP contribution is -2.84. The van der Waals surface area contributed by atoms with Crippen molar-refractivity contribution in [3.63, 3.8) is 0 Å². The molecule has 2 aliphatic heterocycles. The smallest absolute Gasteiger partial charge is 0.252 e. The zero-order valence-electron chi connectivity index (χ0n) is 19.7. The fraction of sp³-hybridized carbons (Fsp3) is 0.913. The van der Waals surface area contributed by atoms with Crippen molar-refractivity contribution >= 4 is 23.4 Å². The van der Waals surface area contributed by atoms with Gasteiger partial charge in [0.25, 0.3) is 5.91 Å². The lowest BCUT2D eigenvalue weighted by Gasteiger charge is -2.73. The Hall–Kier alpha value is -1.00. The Morgan fingerprint density at radius 3 is 2.64 bits per heavy atom. The van der Waals surface area contributed by atoms with Gasteiger partial charge in [-0.1, -0.05) is 0 Å². The number of amides is 2. The standard InChI is InChI=1S/C23H36ClFN4O4/c1-13-20(14(2)28(3)27-13)33-18-6-7-29(21(18)31)23-10-22(11-23,12-23)26-19(30)9-32-15-4-5-16(24)17(25)8-15/h13-18,20,27H,4-12H2,1-3H3,(H,26,30). The van der Waals surface area contributed by atoms with Crippen LogP contribution in [0.15, 0.2) is 0 Å². The molecule has 2 bridgehead atoms. The van der Waals surface area contributed by atoms with E-state index in [1.807, 2.05) is 17.0 Å². The number of alkyl halides is 2. The second-order valence-corrected chi connectivity index (χ2v) is 11.6. The molecule has 0 spiro atoms. The quantitative estimate of drug-likeness (QED) is 0.531. The van der Waals surface area contributed by atoms with E-state index >= 15 is 0 Å².